The molecule has 1 N–H and O–H groups in total. The van der Waals surface area contributed by atoms with Crippen LogP contribution in [-0.4, -0.2) is 41.2 Å². The van der Waals surface area contributed by atoms with Gasteiger partial charge in [0.05, 0.1) is 31.2 Å². The maximum atomic E-state index is 13.5. The minimum Gasteiger partial charge on any atom is -0.493 e. The van der Waals surface area contributed by atoms with Gasteiger partial charge in [-0.15, -0.1) is 11.3 Å². The quantitative estimate of drug-likeness (QED) is 0.154. The Labute approximate surface area is 254 Å². The Morgan fingerprint density at radius 3 is 2.60 bits per heavy atom. The highest BCUT2D eigenvalue weighted by atomic mass is 32.1. The zero-order valence-corrected chi connectivity index (χ0v) is 26.6. The molecule has 0 aliphatic rings. The molecule has 1 aromatic carbocycles. The number of carbonyl (C=O) groups excluding carboxylic acids is 1. The van der Waals surface area contributed by atoms with Crippen LogP contribution in [-0.2, 0) is 19.4 Å². The predicted octanol–water partition coefficient (Wildman–Crippen LogP) is 7.75. The van der Waals surface area contributed by atoms with Gasteiger partial charge in [0.25, 0.3) is 5.91 Å². The normalized spacial score (nSPS) is 11.9. The van der Waals surface area contributed by atoms with Gasteiger partial charge in [0.1, 0.15) is 5.01 Å². The second-order valence-corrected chi connectivity index (χ2v) is 11.5. The van der Waals surface area contributed by atoms with Gasteiger partial charge in [-0.3, -0.25) is 9.78 Å². The van der Waals surface area contributed by atoms with Crippen molar-refractivity contribution in [2.24, 2.45) is 5.92 Å². The second kappa shape index (κ2) is 15.0. The lowest BCUT2D eigenvalue weighted by Gasteiger charge is -2.15. The third kappa shape index (κ3) is 7.40. The molecule has 8 heteroatoms. The zero-order valence-electron chi connectivity index (χ0n) is 25.8. The Hall–Kier alpha value is -3.65. The maximum Gasteiger partial charge on any atom is 0.253 e. The molecule has 0 fully saturated rings. The molecular formula is C34H44N4O3S. The van der Waals surface area contributed by atoms with Crippen LogP contribution in [0.2, 0.25) is 0 Å². The van der Waals surface area contributed by atoms with Crippen molar-refractivity contribution in [3.63, 3.8) is 0 Å². The van der Waals surface area contributed by atoms with Crippen LogP contribution in [0.5, 0.6) is 11.5 Å². The van der Waals surface area contributed by atoms with E-state index < -0.39 is 0 Å². The number of carbonyl (C=O) groups is 1. The van der Waals surface area contributed by atoms with Gasteiger partial charge in [-0.05, 0) is 68.0 Å². The summed E-state index contributed by atoms with van der Waals surface area (Å²) in [5.74, 6) is 1.89. The predicted molar refractivity (Wildman–Crippen MR) is 172 cm³/mol. The Morgan fingerprint density at radius 2 is 1.88 bits per heavy atom. The lowest BCUT2D eigenvalue weighted by Crippen LogP contribution is -2.29. The van der Waals surface area contributed by atoms with Gasteiger partial charge in [0.15, 0.2) is 11.5 Å². The molecule has 4 rings (SSSR count). The number of nitrogens with zero attached hydrogens (tertiary/aromatic N) is 3. The van der Waals surface area contributed by atoms with Gasteiger partial charge >= 0.3 is 0 Å². The monoisotopic (exact) mass is 588 g/mol. The number of aryl methyl sites for hydroxylation is 2. The van der Waals surface area contributed by atoms with Crippen molar-refractivity contribution >= 4 is 17.2 Å². The van der Waals surface area contributed by atoms with Crippen molar-refractivity contribution in [2.45, 2.75) is 72.8 Å². The van der Waals surface area contributed by atoms with Gasteiger partial charge in [0, 0.05) is 41.6 Å². The maximum absolute atomic E-state index is 13.5. The molecule has 3 aromatic heterocycles. The molecule has 1 amide bonds. The average molecular weight is 589 g/mol. The SMILES string of the molecule is CCCCC(CC)CNC(=O)c1cc(-c2csc(-c3ccnc(CC)c3)n2)n(CCc2ccc(OC)c(OC)c2)c1C. The van der Waals surface area contributed by atoms with Crippen molar-refractivity contribution in [3.05, 3.63) is 70.5 Å². The zero-order chi connectivity index (χ0) is 30.1. The minimum absolute atomic E-state index is 0.0225. The van der Waals surface area contributed by atoms with Crippen LogP contribution in [0, 0.1) is 12.8 Å². The third-order valence-corrected chi connectivity index (χ3v) is 8.86. The van der Waals surface area contributed by atoms with E-state index in [0.717, 1.165) is 64.6 Å². The number of aromatic nitrogens is 3. The number of benzene rings is 1. The first-order chi connectivity index (χ1) is 20.4. The molecule has 0 aliphatic carbocycles. The molecule has 224 valence electrons. The molecule has 0 bridgehead atoms. The Bertz CT molecular complexity index is 1480. The first-order valence-corrected chi connectivity index (χ1v) is 15.9. The van der Waals surface area contributed by atoms with Gasteiger partial charge in [0.2, 0.25) is 0 Å². The van der Waals surface area contributed by atoms with Gasteiger partial charge in [-0.2, -0.15) is 0 Å². The first kappa shape index (κ1) is 31.3. The fourth-order valence-electron chi connectivity index (χ4n) is 5.26. The van der Waals surface area contributed by atoms with Crippen LogP contribution in [0.4, 0.5) is 0 Å². The molecule has 42 heavy (non-hydrogen) atoms. The minimum atomic E-state index is -0.0225. The summed E-state index contributed by atoms with van der Waals surface area (Å²) in [6, 6.07) is 12.1. The first-order valence-electron chi connectivity index (χ1n) is 15.0. The standard InChI is InChI=1S/C34H44N4O3S/c1-7-10-11-24(8-2)21-36-33(39)28-20-30(29-22-42-34(37-29)26-14-16-35-27(9-3)19-26)38(23(28)4)17-15-25-12-13-31(40-5)32(18-25)41-6/h12-14,16,18-20,22,24H,7-11,15,17,21H2,1-6H3,(H,36,39). The number of methoxy groups -OCH3 is 2. The second-order valence-electron chi connectivity index (χ2n) is 10.7. The highest BCUT2D eigenvalue weighted by molar-refractivity contribution is 7.13. The van der Waals surface area contributed by atoms with Crippen LogP contribution in [0.1, 0.15) is 73.8 Å². The van der Waals surface area contributed by atoms with Gasteiger partial charge in [-0.1, -0.05) is 46.1 Å². The molecule has 3 heterocycles. The van der Waals surface area contributed by atoms with Crippen LogP contribution in [0.25, 0.3) is 22.0 Å². The smallest absolute Gasteiger partial charge is 0.253 e. The van der Waals surface area contributed by atoms with Crippen molar-refractivity contribution in [1.29, 1.82) is 0 Å². The number of hydrogen-bond acceptors (Lipinski definition) is 6. The summed E-state index contributed by atoms with van der Waals surface area (Å²) in [6.45, 7) is 9.94. The van der Waals surface area contributed by atoms with Crippen LogP contribution < -0.4 is 14.8 Å². The van der Waals surface area contributed by atoms with E-state index in [1.807, 2.05) is 37.4 Å². The van der Waals surface area contributed by atoms with Gasteiger partial charge < -0.3 is 19.4 Å². The van der Waals surface area contributed by atoms with E-state index in [1.54, 1.807) is 25.6 Å². The summed E-state index contributed by atoms with van der Waals surface area (Å²) in [7, 11) is 3.29. The number of hydrogen-bond donors (Lipinski definition) is 1. The highest BCUT2D eigenvalue weighted by Gasteiger charge is 2.21. The van der Waals surface area contributed by atoms with Crippen molar-refractivity contribution in [1.82, 2.24) is 19.9 Å². The van der Waals surface area contributed by atoms with Crippen molar-refractivity contribution < 1.29 is 14.3 Å². The molecule has 0 saturated heterocycles. The fourth-order valence-corrected chi connectivity index (χ4v) is 6.07. The summed E-state index contributed by atoms with van der Waals surface area (Å²) in [5, 5.41) is 6.26. The molecule has 0 spiro atoms. The number of pyridine rings is 1. The summed E-state index contributed by atoms with van der Waals surface area (Å²) in [5.41, 5.74) is 6.70. The van der Waals surface area contributed by atoms with E-state index in [1.165, 1.54) is 12.8 Å². The Kier molecular flexibility index (Phi) is 11.2. The summed E-state index contributed by atoms with van der Waals surface area (Å²) in [4.78, 5) is 23.0. The van der Waals surface area contributed by atoms with E-state index in [4.69, 9.17) is 14.5 Å². The molecule has 4 aromatic rings. The highest BCUT2D eigenvalue weighted by Crippen LogP contribution is 2.33. The van der Waals surface area contributed by atoms with Crippen molar-refractivity contribution in [2.75, 3.05) is 20.8 Å². The molecule has 0 saturated carbocycles. The summed E-state index contributed by atoms with van der Waals surface area (Å²) < 4.78 is 13.2. The topological polar surface area (TPSA) is 78.3 Å². The molecule has 7 nitrogen and oxygen atoms in total. The number of nitrogens with one attached hydrogen (secondary N) is 1. The van der Waals surface area contributed by atoms with E-state index in [2.05, 4.69) is 53.2 Å². The molecule has 0 radical (unpaired) electrons. The van der Waals surface area contributed by atoms with E-state index in [0.29, 0.717) is 36.1 Å². The lowest BCUT2D eigenvalue weighted by atomic mass is 9.99. The largest absolute Gasteiger partial charge is 0.493 e. The molecular weight excluding hydrogens is 544 g/mol. The number of unbranched alkanes of at least 4 members (excludes halogenated alkanes) is 1. The number of ether oxygens (including phenoxy) is 2. The van der Waals surface area contributed by atoms with Crippen LogP contribution in [0.15, 0.2) is 48.0 Å². The van der Waals surface area contributed by atoms with E-state index in [9.17, 15) is 4.79 Å². The fraction of sp³-hybridized carbons (Fsp3) is 0.441. The lowest BCUT2D eigenvalue weighted by molar-refractivity contribution is 0.0945. The molecule has 1 unspecified atom stereocenters. The average Bonchev–Trinajstić information content (AvgIpc) is 3.64. The number of rotatable bonds is 15. The van der Waals surface area contributed by atoms with E-state index in [-0.39, 0.29) is 5.91 Å². The summed E-state index contributed by atoms with van der Waals surface area (Å²) >= 11 is 1.61. The van der Waals surface area contributed by atoms with Crippen LogP contribution >= 0.6 is 11.3 Å². The summed E-state index contributed by atoms with van der Waals surface area (Å²) in [6.07, 6.45) is 8.05. The molecule has 0 aliphatic heterocycles. The Balaban J connectivity index is 1.65. The third-order valence-electron chi connectivity index (χ3n) is 7.97. The number of thiazole rings is 1. The Morgan fingerprint density at radius 1 is 1.07 bits per heavy atom. The number of amides is 1. The van der Waals surface area contributed by atoms with Crippen LogP contribution in [0.3, 0.4) is 0 Å². The van der Waals surface area contributed by atoms with E-state index >= 15 is 0 Å². The molecule has 1 atom stereocenters. The van der Waals surface area contributed by atoms with Crippen molar-refractivity contribution in [3.8, 4) is 33.5 Å². The van der Waals surface area contributed by atoms with Gasteiger partial charge in [-0.25, -0.2) is 4.98 Å².